The molecular weight excluding hydrogens is 397 g/mol. The average Bonchev–Trinajstić information content (AvgIpc) is 2.64. The van der Waals surface area contributed by atoms with Crippen molar-refractivity contribution in [3.8, 4) is 0 Å². The highest BCUT2D eigenvalue weighted by Gasteiger charge is 2.11. The molecule has 0 radical (unpaired) electrons. The maximum absolute atomic E-state index is 12.6. The molecule has 142 valence electrons. The van der Waals surface area contributed by atoms with Gasteiger partial charge >= 0.3 is 0 Å². The van der Waals surface area contributed by atoms with Crippen molar-refractivity contribution in [3.05, 3.63) is 81.6 Å². The van der Waals surface area contributed by atoms with Crippen LogP contribution in [-0.4, -0.2) is 21.8 Å². The average molecular weight is 414 g/mol. The van der Waals surface area contributed by atoms with E-state index in [4.69, 9.17) is 23.2 Å². The fourth-order valence-electron chi connectivity index (χ4n) is 2.42. The van der Waals surface area contributed by atoms with E-state index in [9.17, 15) is 4.79 Å². The summed E-state index contributed by atoms with van der Waals surface area (Å²) in [6.45, 7) is 3.70. The van der Waals surface area contributed by atoms with Gasteiger partial charge in [0.1, 0.15) is 0 Å². The van der Waals surface area contributed by atoms with Crippen molar-refractivity contribution in [3.63, 3.8) is 0 Å². The summed E-state index contributed by atoms with van der Waals surface area (Å²) < 4.78 is 0. The van der Waals surface area contributed by atoms with Gasteiger partial charge in [-0.05, 0) is 50.2 Å². The standard InChI is InChI=1S/C20H17Cl2N5O/c1-12-10-13(2)24-19(23-12)27-20(25-15-8-9-16(21)17(22)11-15)26-18(28)14-6-4-3-5-7-14/h3-11H,1-2H3,(H2,23,24,25,26,27,28). The van der Waals surface area contributed by atoms with E-state index < -0.39 is 0 Å². The van der Waals surface area contributed by atoms with Crippen molar-refractivity contribution >= 4 is 46.7 Å². The minimum Gasteiger partial charge on any atom is -0.326 e. The number of aromatic nitrogens is 2. The Labute approximate surface area is 172 Å². The molecule has 0 fully saturated rings. The summed E-state index contributed by atoms with van der Waals surface area (Å²) in [4.78, 5) is 25.5. The summed E-state index contributed by atoms with van der Waals surface area (Å²) in [5.74, 6) is 0.0712. The number of halogens is 2. The van der Waals surface area contributed by atoms with Gasteiger partial charge in [-0.3, -0.25) is 10.1 Å². The highest BCUT2D eigenvalue weighted by molar-refractivity contribution is 6.42. The molecule has 3 aromatic rings. The molecule has 0 aliphatic rings. The summed E-state index contributed by atoms with van der Waals surface area (Å²) in [6, 6.07) is 15.7. The second-order valence-electron chi connectivity index (χ2n) is 5.99. The van der Waals surface area contributed by atoms with Crippen LogP contribution in [0.5, 0.6) is 0 Å². The van der Waals surface area contributed by atoms with Crippen molar-refractivity contribution in [1.82, 2.24) is 15.3 Å². The predicted molar refractivity (Wildman–Crippen MR) is 113 cm³/mol. The van der Waals surface area contributed by atoms with Crippen molar-refractivity contribution in [1.29, 1.82) is 0 Å². The second-order valence-corrected chi connectivity index (χ2v) is 6.80. The molecule has 3 rings (SSSR count). The molecule has 28 heavy (non-hydrogen) atoms. The smallest absolute Gasteiger partial charge is 0.257 e. The van der Waals surface area contributed by atoms with E-state index in [1.165, 1.54) is 0 Å². The monoisotopic (exact) mass is 413 g/mol. The molecule has 2 aromatic carbocycles. The Morgan fingerprint density at radius 2 is 1.61 bits per heavy atom. The Hall–Kier alpha value is -2.96. The number of rotatable bonds is 3. The molecule has 0 unspecified atom stereocenters. The summed E-state index contributed by atoms with van der Waals surface area (Å²) in [6.07, 6.45) is 0. The highest BCUT2D eigenvalue weighted by atomic mass is 35.5. The van der Waals surface area contributed by atoms with Gasteiger partial charge in [0, 0.05) is 22.6 Å². The number of benzene rings is 2. The van der Waals surface area contributed by atoms with Gasteiger partial charge in [0.15, 0.2) is 0 Å². The Morgan fingerprint density at radius 3 is 2.25 bits per heavy atom. The zero-order valence-electron chi connectivity index (χ0n) is 15.2. The fourth-order valence-corrected chi connectivity index (χ4v) is 2.72. The minimum atomic E-state index is -0.323. The number of guanidine groups is 1. The van der Waals surface area contributed by atoms with Crippen LogP contribution in [0.1, 0.15) is 21.7 Å². The molecule has 0 spiro atoms. The van der Waals surface area contributed by atoms with Crippen LogP contribution in [0.2, 0.25) is 10.0 Å². The largest absolute Gasteiger partial charge is 0.326 e. The minimum absolute atomic E-state index is 0.164. The van der Waals surface area contributed by atoms with E-state index in [0.29, 0.717) is 21.3 Å². The van der Waals surface area contributed by atoms with Gasteiger partial charge in [0.05, 0.1) is 10.0 Å². The highest BCUT2D eigenvalue weighted by Crippen LogP contribution is 2.25. The first-order valence-electron chi connectivity index (χ1n) is 8.40. The first-order chi connectivity index (χ1) is 13.4. The summed E-state index contributed by atoms with van der Waals surface area (Å²) in [7, 11) is 0. The number of carbonyl (C=O) groups is 1. The number of carbonyl (C=O) groups excluding carboxylic acids is 1. The van der Waals surface area contributed by atoms with Crippen LogP contribution in [0, 0.1) is 13.8 Å². The summed E-state index contributed by atoms with van der Waals surface area (Å²) in [5, 5.41) is 6.58. The lowest BCUT2D eigenvalue weighted by atomic mass is 10.2. The molecule has 0 aliphatic carbocycles. The van der Waals surface area contributed by atoms with Crippen LogP contribution in [0.25, 0.3) is 0 Å². The summed E-state index contributed by atoms with van der Waals surface area (Å²) >= 11 is 12.0. The lowest BCUT2D eigenvalue weighted by Crippen LogP contribution is -2.35. The van der Waals surface area contributed by atoms with Crippen LogP contribution in [0.4, 0.5) is 11.6 Å². The molecule has 1 heterocycles. The number of hydrogen-bond acceptors (Lipinski definition) is 4. The Balaban J connectivity index is 1.93. The van der Waals surface area contributed by atoms with E-state index in [2.05, 4.69) is 25.6 Å². The third-order valence-corrected chi connectivity index (χ3v) is 4.37. The van der Waals surface area contributed by atoms with Gasteiger partial charge < -0.3 is 5.32 Å². The quantitative estimate of drug-likeness (QED) is 0.471. The lowest BCUT2D eigenvalue weighted by Gasteiger charge is -2.12. The number of aliphatic imine (C=N–C) groups is 1. The van der Waals surface area contributed by atoms with Gasteiger partial charge in [-0.2, -0.15) is 4.99 Å². The maximum Gasteiger partial charge on any atom is 0.257 e. The Bertz CT molecular complexity index is 1020. The molecule has 1 amide bonds. The SMILES string of the molecule is Cc1cc(C)nc(/N=C(\NC(=O)c2ccccc2)Nc2ccc(Cl)c(Cl)c2)n1. The van der Waals surface area contributed by atoms with E-state index in [0.717, 1.165) is 11.4 Å². The molecule has 0 aliphatic heterocycles. The zero-order chi connectivity index (χ0) is 20.1. The second kappa shape index (κ2) is 8.82. The molecule has 1 aromatic heterocycles. The van der Waals surface area contributed by atoms with Crippen molar-refractivity contribution < 1.29 is 4.79 Å². The topological polar surface area (TPSA) is 79.3 Å². The number of hydrogen-bond donors (Lipinski definition) is 2. The number of nitrogens with one attached hydrogen (secondary N) is 2. The third kappa shape index (κ3) is 5.28. The third-order valence-electron chi connectivity index (χ3n) is 3.63. The van der Waals surface area contributed by atoms with Crippen LogP contribution in [0.3, 0.4) is 0 Å². The first-order valence-corrected chi connectivity index (χ1v) is 9.16. The molecule has 0 bridgehead atoms. The van der Waals surface area contributed by atoms with Crippen LogP contribution < -0.4 is 10.6 Å². The number of nitrogens with zero attached hydrogens (tertiary/aromatic N) is 3. The molecule has 2 N–H and O–H groups in total. The van der Waals surface area contributed by atoms with E-state index in [1.54, 1.807) is 42.5 Å². The van der Waals surface area contributed by atoms with Gasteiger partial charge in [-0.1, -0.05) is 41.4 Å². The Kier molecular flexibility index (Phi) is 6.23. The van der Waals surface area contributed by atoms with E-state index in [1.807, 2.05) is 26.0 Å². The number of amides is 1. The fraction of sp³-hybridized carbons (Fsp3) is 0.100. The van der Waals surface area contributed by atoms with Crippen LogP contribution >= 0.6 is 23.2 Å². The molecule has 8 heteroatoms. The van der Waals surface area contributed by atoms with Gasteiger partial charge in [-0.25, -0.2) is 9.97 Å². The first kappa shape index (κ1) is 19.8. The van der Waals surface area contributed by atoms with E-state index >= 15 is 0 Å². The molecule has 6 nitrogen and oxygen atoms in total. The van der Waals surface area contributed by atoms with Crippen molar-refractivity contribution in [2.24, 2.45) is 4.99 Å². The van der Waals surface area contributed by atoms with Crippen LogP contribution in [-0.2, 0) is 0 Å². The van der Waals surface area contributed by atoms with Gasteiger partial charge in [-0.15, -0.1) is 0 Å². The number of anilines is 1. The van der Waals surface area contributed by atoms with E-state index in [-0.39, 0.29) is 17.8 Å². The Morgan fingerprint density at radius 1 is 0.929 bits per heavy atom. The van der Waals surface area contributed by atoms with Crippen molar-refractivity contribution in [2.75, 3.05) is 5.32 Å². The lowest BCUT2D eigenvalue weighted by molar-refractivity contribution is 0.0977. The molecule has 0 saturated heterocycles. The molecule has 0 atom stereocenters. The molecular formula is C20H17Cl2N5O. The normalized spacial score (nSPS) is 11.2. The number of aryl methyl sites for hydroxylation is 2. The maximum atomic E-state index is 12.6. The van der Waals surface area contributed by atoms with Gasteiger partial charge in [0.25, 0.3) is 11.9 Å². The summed E-state index contributed by atoms with van der Waals surface area (Å²) in [5.41, 5.74) is 2.64. The van der Waals surface area contributed by atoms with Crippen molar-refractivity contribution in [2.45, 2.75) is 13.8 Å². The van der Waals surface area contributed by atoms with Gasteiger partial charge in [0.2, 0.25) is 5.96 Å². The van der Waals surface area contributed by atoms with Crippen LogP contribution in [0.15, 0.2) is 59.6 Å². The predicted octanol–water partition coefficient (Wildman–Crippen LogP) is 4.93. The molecule has 0 saturated carbocycles. The zero-order valence-corrected chi connectivity index (χ0v) is 16.7.